The predicted octanol–water partition coefficient (Wildman–Crippen LogP) is 4.12. The van der Waals surface area contributed by atoms with Gasteiger partial charge >= 0.3 is 5.69 Å². The van der Waals surface area contributed by atoms with Crippen LogP contribution in [-0.2, 0) is 9.84 Å². The minimum absolute atomic E-state index is 0.0559. The van der Waals surface area contributed by atoms with E-state index in [2.05, 4.69) is 9.80 Å². The molecule has 0 atom stereocenters. The van der Waals surface area contributed by atoms with Crippen molar-refractivity contribution in [3.8, 4) is 5.75 Å². The molecule has 1 fully saturated rings. The van der Waals surface area contributed by atoms with Gasteiger partial charge in [-0.3, -0.25) is 18.8 Å². The Morgan fingerprint density at radius 2 is 1.51 bits per heavy atom. The number of anilines is 1. The van der Waals surface area contributed by atoms with E-state index in [-0.39, 0.29) is 29.1 Å². The molecule has 0 saturated carbocycles. The zero-order valence-electron chi connectivity index (χ0n) is 24.6. The lowest BCUT2D eigenvalue weighted by atomic mass is 10.0. The van der Waals surface area contributed by atoms with Gasteiger partial charge in [0.25, 0.3) is 5.56 Å². The Kier molecular flexibility index (Phi) is 10.1. The molecule has 1 aliphatic rings. The van der Waals surface area contributed by atoms with Gasteiger partial charge in [0.05, 0.1) is 10.6 Å². The van der Waals surface area contributed by atoms with Crippen molar-refractivity contribution in [2.45, 2.75) is 90.3 Å². The summed E-state index contributed by atoms with van der Waals surface area (Å²) < 4.78 is 34.1. The van der Waals surface area contributed by atoms with E-state index in [9.17, 15) is 18.0 Å². The quantitative estimate of drug-likeness (QED) is 0.384. The summed E-state index contributed by atoms with van der Waals surface area (Å²) in [6, 6.07) is 8.09. The van der Waals surface area contributed by atoms with E-state index in [1.165, 1.54) is 4.57 Å². The molecule has 218 valence electrons. The summed E-state index contributed by atoms with van der Waals surface area (Å²) in [4.78, 5) is 30.7. The molecule has 0 radical (unpaired) electrons. The number of sulfone groups is 1. The normalized spacial score (nSPS) is 15.4. The first-order chi connectivity index (χ1) is 18.3. The summed E-state index contributed by atoms with van der Waals surface area (Å²) in [5.74, 6) is 1.51. The van der Waals surface area contributed by atoms with Gasteiger partial charge in [0.15, 0.2) is 9.84 Å². The largest absolute Gasteiger partial charge is 0.488 e. The molecule has 1 aromatic heterocycles. The van der Waals surface area contributed by atoms with Crippen LogP contribution in [0.25, 0.3) is 0 Å². The van der Waals surface area contributed by atoms with E-state index >= 15 is 0 Å². The van der Waals surface area contributed by atoms with Gasteiger partial charge in [0, 0.05) is 50.9 Å². The monoisotopic (exact) mass is 562 g/mol. The number of unbranched alkanes of at least 4 members (excludes halogenated alkanes) is 1. The molecule has 0 amide bonds. The van der Waals surface area contributed by atoms with Crippen LogP contribution >= 0.6 is 0 Å². The highest BCUT2D eigenvalue weighted by Gasteiger charge is 2.26. The first-order valence-corrected chi connectivity index (χ1v) is 15.8. The van der Waals surface area contributed by atoms with Crippen LogP contribution < -0.4 is 20.9 Å². The summed E-state index contributed by atoms with van der Waals surface area (Å²) in [5, 5.41) is 0. The average molecular weight is 563 g/mol. The van der Waals surface area contributed by atoms with Crippen LogP contribution in [0.5, 0.6) is 5.75 Å². The Bertz CT molecular complexity index is 1320. The first kappa shape index (κ1) is 30.9. The van der Waals surface area contributed by atoms with Crippen molar-refractivity contribution in [2.24, 2.45) is 0 Å². The molecule has 2 aromatic rings. The lowest BCUT2D eigenvalue weighted by molar-refractivity contribution is 0.0820. The van der Waals surface area contributed by atoms with Gasteiger partial charge in [-0.05, 0) is 78.6 Å². The Morgan fingerprint density at radius 1 is 0.923 bits per heavy atom. The van der Waals surface area contributed by atoms with E-state index in [0.29, 0.717) is 22.9 Å². The van der Waals surface area contributed by atoms with Crippen molar-refractivity contribution >= 4 is 15.7 Å². The molecule has 10 heteroatoms. The average Bonchev–Trinajstić information content (AvgIpc) is 2.86. The van der Waals surface area contributed by atoms with Gasteiger partial charge in [-0.1, -0.05) is 13.3 Å². The van der Waals surface area contributed by atoms with Crippen LogP contribution in [0.15, 0.2) is 44.8 Å². The van der Waals surface area contributed by atoms with Crippen molar-refractivity contribution in [1.82, 2.24) is 14.0 Å². The first-order valence-electron chi connectivity index (χ1n) is 14.1. The van der Waals surface area contributed by atoms with Crippen LogP contribution in [0.3, 0.4) is 0 Å². The van der Waals surface area contributed by atoms with Gasteiger partial charge in [0.1, 0.15) is 17.2 Å². The smallest absolute Gasteiger partial charge is 0.333 e. The summed E-state index contributed by atoms with van der Waals surface area (Å²) in [7, 11) is -3.25. The molecule has 9 nitrogen and oxygen atoms in total. The van der Waals surface area contributed by atoms with E-state index in [1.54, 1.807) is 34.9 Å². The van der Waals surface area contributed by atoms with Crippen LogP contribution in [0.2, 0.25) is 0 Å². The van der Waals surface area contributed by atoms with Crippen LogP contribution in [0.1, 0.15) is 79.8 Å². The van der Waals surface area contributed by atoms with E-state index in [1.807, 2.05) is 48.5 Å². The molecular formula is C29H46N4O5S. The van der Waals surface area contributed by atoms with Crippen molar-refractivity contribution in [1.29, 1.82) is 0 Å². The number of aromatic nitrogens is 2. The number of piperazine rings is 1. The highest BCUT2D eigenvalue weighted by Crippen LogP contribution is 2.25. The highest BCUT2D eigenvalue weighted by atomic mass is 32.2. The third-order valence-corrected chi connectivity index (χ3v) is 9.07. The summed E-state index contributed by atoms with van der Waals surface area (Å²) in [6.07, 6.45) is 2.29. The molecule has 3 rings (SSSR count). The summed E-state index contributed by atoms with van der Waals surface area (Å²) in [6.45, 7) is 17.6. The van der Waals surface area contributed by atoms with Gasteiger partial charge in [-0.15, -0.1) is 0 Å². The number of rotatable bonds is 12. The fourth-order valence-corrected chi connectivity index (χ4v) is 6.38. The predicted molar refractivity (Wildman–Crippen MR) is 157 cm³/mol. The molecule has 1 aromatic carbocycles. The van der Waals surface area contributed by atoms with E-state index in [0.717, 1.165) is 45.6 Å². The maximum absolute atomic E-state index is 13.1. The van der Waals surface area contributed by atoms with Crippen molar-refractivity contribution in [2.75, 3.05) is 43.4 Å². The minimum atomic E-state index is -3.25. The van der Waals surface area contributed by atoms with E-state index < -0.39 is 15.4 Å². The van der Waals surface area contributed by atoms with Crippen LogP contribution in [-0.4, -0.2) is 66.5 Å². The molecule has 0 unspecified atom stereocenters. The lowest BCUT2D eigenvalue weighted by Gasteiger charge is -2.38. The fourth-order valence-electron chi connectivity index (χ4n) is 4.93. The molecule has 39 heavy (non-hydrogen) atoms. The number of hydrogen-bond donors (Lipinski definition) is 0. The molecule has 2 heterocycles. The lowest BCUT2D eigenvalue weighted by Crippen LogP contribution is -2.51. The van der Waals surface area contributed by atoms with Gasteiger partial charge in [-0.2, -0.15) is 0 Å². The van der Waals surface area contributed by atoms with E-state index in [4.69, 9.17) is 4.74 Å². The third kappa shape index (κ3) is 7.75. The van der Waals surface area contributed by atoms with Crippen LogP contribution in [0, 0.1) is 0 Å². The second-order valence-electron chi connectivity index (χ2n) is 11.6. The Morgan fingerprint density at radius 3 is 2.05 bits per heavy atom. The SMILES string of the molecule is CCCCS(=O)(=O)c1ccc(OC(C)(C)CCN2CCN(c3cc(=O)n(C(C)C)c(=O)n3C(C)C)CC2)cc1. The van der Waals surface area contributed by atoms with Crippen molar-refractivity contribution in [3.05, 3.63) is 51.2 Å². The molecule has 1 aliphatic heterocycles. The maximum atomic E-state index is 13.1. The van der Waals surface area contributed by atoms with Gasteiger partial charge in [-0.25, -0.2) is 13.2 Å². The number of hydrogen-bond acceptors (Lipinski definition) is 7. The molecule has 0 spiro atoms. The van der Waals surface area contributed by atoms with Gasteiger partial charge < -0.3 is 9.64 Å². The standard InChI is InChI=1S/C29H46N4O5S/c1-8-9-20-39(36,37)25-12-10-24(11-13-25)38-29(6,7)14-15-30-16-18-31(19-17-30)26-21-27(34)33(23(4)5)28(35)32(26)22(2)3/h10-13,21-23H,8-9,14-20H2,1-7H3. The second kappa shape index (κ2) is 12.7. The Hall–Kier alpha value is -2.59. The Labute approximate surface area is 233 Å². The van der Waals surface area contributed by atoms with Crippen molar-refractivity contribution in [3.63, 3.8) is 0 Å². The topological polar surface area (TPSA) is 93.9 Å². The minimum Gasteiger partial charge on any atom is -0.488 e. The summed E-state index contributed by atoms with van der Waals surface area (Å²) in [5.41, 5.74) is -0.940. The zero-order chi connectivity index (χ0) is 29.0. The molecule has 0 N–H and O–H groups in total. The second-order valence-corrected chi connectivity index (χ2v) is 13.7. The molecule has 1 saturated heterocycles. The van der Waals surface area contributed by atoms with Crippen molar-refractivity contribution < 1.29 is 13.2 Å². The molecular weight excluding hydrogens is 516 g/mol. The fraction of sp³-hybridized carbons (Fsp3) is 0.655. The highest BCUT2D eigenvalue weighted by molar-refractivity contribution is 7.91. The Balaban J connectivity index is 1.59. The molecule has 0 aliphatic carbocycles. The number of nitrogens with zero attached hydrogens (tertiary/aromatic N) is 4. The zero-order valence-corrected chi connectivity index (χ0v) is 25.5. The third-order valence-electron chi connectivity index (χ3n) is 7.25. The number of benzene rings is 1. The molecule has 0 bridgehead atoms. The summed E-state index contributed by atoms with van der Waals surface area (Å²) >= 11 is 0. The number of ether oxygens (including phenoxy) is 1. The van der Waals surface area contributed by atoms with Gasteiger partial charge in [0.2, 0.25) is 0 Å². The maximum Gasteiger partial charge on any atom is 0.333 e. The van der Waals surface area contributed by atoms with Crippen LogP contribution in [0.4, 0.5) is 5.82 Å².